The molecule has 1 aromatic heterocycles. The van der Waals surface area contributed by atoms with Crippen LogP contribution in [0, 0.1) is 0 Å². The number of benzene rings is 1. The lowest BCUT2D eigenvalue weighted by Crippen LogP contribution is -2.25. The van der Waals surface area contributed by atoms with Crippen LogP contribution in [-0.4, -0.2) is 21.7 Å². The predicted octanol–water partition coefficient (Wildman–Crippen LogP) is 2.17. The zero-order valence-corrected chi connectivity index (χ0v) is 12.1. The van der Waals surface area contributed by atoms with Gasteiger partial charge in [0.05, 0.1) is 17.8 Å². The van der Waals surface area contributed by atoms with Crippen molar-refractivity contribution < 1.29 is 4.79 Å². The molecule has 5 nitrogen and oxygen atoms in total. The summed E-state index contributed by atoms with van der Waals surface area (Å²) in [4.78, 5) is 12.2. The maximum Gasteiger partial charge on any atom is 0.253 e. The Kier molecular flexibility index (Phi) is 4.40. The van der Waals surface area contributed by atoms with Crippen molar-refractivity contribution >= 4 is 11.6 Å². The smallest absolute Gasteiger partial charge is 0.253 e. The first-order valence-electron chi connectivity index (χ1n) is 6.68. The molecule has 1 aromatic carbocycles. The monoisotopic (exact) mass is 272 g/mol. The van der Waals surface area contributed by atoms with E-state index in [0.717, 1.165) is 11.4 Å². The van der Waals surface area contributed by atoms with Crippen LogP contribution in [0.3, 0.4) is 0 Å². The number of para-hydroxylation sites is 1. The Balaban J connectivity index is 2.05. The zero-order valence-electron chi connectivity index (χ0n) is 12.1. The van der Waals surface area contributed by atoms with Gasteiger partial charge in [-0.1, -0.05) is 12.1 Å². The second kappa shape index (κ2) is 6.23. The normalized spacial score (nSPS) is 10.6. The van der Waals surface area contributed by atoms with Gasteiger partial charge in [-0.3, -0.25) is 9.48 Å². The van der Waals surface area contributed by atoms with Crippen LogP contribution in [0.2, 0.25) is 0 Å². The summed E-state index contributed by atoms with van der Waals surface area (Å²) in [7, 11) is 1.85. The molecule has 2 rings (SSSR count). The molecule has 0 aliphatic carbocycles. The topological polar surface area (TPSA) is 59.0 Å². The molecule has 0 bridgehead atoms. The number of nitrogens with zero attached hydrogens (tertiary/aromatic N) is 2. The lowest BCUT2D eigenvalue weighted by molar-refractivity contribution is 0.0951. The Hall–Kier alpha value is -2.30. The maximum atomic E-state index is 12.2. The van der Waals surface area contributed by atoms with E-state index in [2.05, 4.69) is 15.7 Å². The molecule has 0 fully saturated rings. The van der Waals surface area contributed by atoms with E-state index in [0.29, 0.717) is 12.1 Å². The van der Waals surface area contributed by atoms with Crippen LogP contribution in [0.4, 0.5) is 5.69 Å². The highest BCUT2D eigenvalue weighted by Crippen LogP contribution is 2.16. The number of amides is 1. The number of hydrogen-bond donors (Lipinski definition) is 2. The summed E-state index contributed by atoms with van der Waals surface area (Å²) in [6, 6.07) is 9.67. The van der Waals surface area contributed by atoms with Crippen molar-refractivity contribution in [2.75, 3.05) is 5.32 Å². The third kappa shape index (κ3) is 3.60. The molecule has 0 spiro atoms. The molecule has 0 unspecified atom stereocenters. The van der Waals surface area contributed by atoms with E-state index in [1.54, 1.807) is 4.68 Å². The molecule has 2 aromatic rings. The quantitative estimate of drug-likeness (QED) is 0.877. The predicted molar refractivity (Wildman–Crippen MR) is 79.6 cm³/mol. The third-order valence-corrected chi connectivity index (χ3v) is 2.81. The molecule has 1 amide bonds. The fraction of sp³-hybridized carbons (Fsp3) is 0.333. The lowest BCUT2D eigenvalue weighted by Gasteiger charge is -2.14. The van der Waals surface area contributed by atoms with E-state index in [1.165, 1.54) is 0 Å². The molecule has 20 heavy (non-hydrogen) atoms. The fourth-order valence-electron chi connectivity index (χ4n) is 1.94. The number of anilines is 1. The van der Waals surface area contributed by atoms with Gasteiger partial charge < -0.3 is 10.6 Å². The Morgan fingerprint density at radius 2 is 2.05 bits per heavy atom. The van der Waals surface area contributed by atoms with Crippen molar-refractivity contribution in [3.05, 3.63) is 47.8 Å². The number of hydrogen-bond acceptors (Lipinski definition) is 3. The zero-order chi connectivity index (χ0) is 14.5. The minimum Gasteiger partial charge on any atom is -0.382 e. The number of aromatic nitrogens is 2. The highest BCUT2D eigenvalue weighted by atomic mass is 16.1. The minimum atomic E-state index is -0.0978. The fourth-order valence-corrected chi connectivity index (χ4v) is 1.94. The van der Waals surface area contributed by atoms with Crippen LogP contribution in [-0.2, 0) is 13.6 Å². The largest absolute Gasteiger partial charge is 0.382 e. The Bertz CT molecular complexity index is 589. The minimum absolute atomic E-state index is 0.0978. The molecule has 5 heteroatoms. The van der Waals surface area contributed by atoms with E-state index in [9.17, 15) is 4.79 Å². The summed E-state index contributed by atoms with van der Waals surface area (Å²) in [5, 5.41) is 10.4. The average Bonchev–Trinajstić information content (AvgIpc) is 2.82. The van der Waals surface area contributed by atoms with Gasteiger partial charge >= 0.3 is 0 Å². The Morgan fingerprint density at radius 1 is 1.30 bits per heavy atom. The van der Waals surface area contributed by atoms with Crippen molar-refractivity contribution in [3.63, 3.8) is 0 Å². The maximum absolute atomic E-state index is 12.2. The van der Waals surface area contributed by atoms with Crippen LogP contribution in [0.25, 0.3) is 0 Å². The SMILES string of the molecule is CC(C)Nc1ccccc1C(=O)NCc1ccn(C)n1. The molecule has 0 aliphatic heterocycles. The molecule has 0 radical (unpaired) electrons. The second-order valence-electron chi connectivity index (χ2n) is 5.01. The lowest BCUT2D eigenvalue weighted by atomic mass is 10.1. The van der Waals surface area contributed by atoms with Gasteiger partial charge in [-0.25, -0.2) is 0 Å². The van der Waals surface area contributed by atoms with E-state index in [-0.39, 0.29) is 11.9 Å². The first-order chi connectivity index (χ1) is 9.56. The second-order valence-corrected chi connectivity index (χ2v) is 5.01. The van der Waals surface area contributed by atoms with Crippen molar-refractivity contribution in [2.24, 2.45) is 7.05 Å². The molecule has 0 saturated carbocycles. The van der Waals surface area contributed by atoms with Crippen LogP contribution in [0.5, 0.6) is 0 Å². The molecule has 1 heterocycles. The molecule has 0 aliphatic rings. The van der Waals surface area contributed by atoms with Crippen LogP contribution in [0.1, 0.15) is 29.9 Å². The third-order valence-electron chi connectivity index (χ3n) is 2.81. The molecule has 0 saturated heterocycles. The van der Waals surface area contributed by atoms with Crippen LogP contribution in [0.15, 0.2) is 36.5 Å². The van der Waals surface area contributed by atoms with Gasteiger partial charge in [-0.15, -0.1) is 0 Å². The number of rotatable bonds is 5. The van der Waals surface area contributed by atoms with Gasteiger partial charge in [0.1, 0.15) is 0 Å². The Morgan fingerprint density at radius 3 is 2.70 bits per heavy atom. The van der Waals surface area contributed by atoms with Gasteiger partial charge in [0.25, 0.3) is 5.91 Å². The number of aryl methyl sites for hydroxylation is 1. The first-order valence-corrected chi connectivity index (χ1v) is 6.68. The van der Waals surface area contributed by atoms with Gasteiger partial charge in [-0.2, -0.15) is 5.10 Å². The summed E-state index contributed by atoms with van der Waals surface area (Å²) in [6.45, 7) is 4.51. The van der Waals surface area contributed by atoms with Gasteiger partial charge in [-0.05, 0) is 32.0 Å². The van der Waals surface area contributed by atoms with Crippen molar-refractivity contribution in [1.29, 1.82) is 0 Å². The highest BCUT2D eigenvalue weighted by Gasteiger charge is 2.11. The molecule has 0 atom stereocenters. The van der Waals surface area contributed by atoms with Gasteiger partial charge in [0, 0.05) is 25.0 Å². The molecule has 106 valence electrons. The van der Waals surface area contributed by atoms with Crippen LogP contribution >= 0.6 is 0 Å². The van der Waals surface area contributed by atoms with Crippen molar-refractivity contribution in [3.8, 4) is 0 Å². The van der Waals surface area contributed by atoms with E-state index < -0.39 is 0 Å². The summed E-state index contributed by atoms with van der Waals surface area (Å²) >= 11 is 0. The molecular formula is C15H20N4O. The van der Waals surface area contributed by atoms with Crippen molar-refractivity contribution in [1.82, 2.24) is 15.1 Å². The number of carbonyl (C=O) groups is 1. The van der Waals surface area contributed by atoms with Crippen molar-refractivity contribution in [2.45, 2.75) is 26.4 Å². The number of carbonyl (C=O) groups excluding carboxylic acids is 1. The van der Waals surface area contributed by atoms with E-state index in [1.807, 2.05) is 57.4 Å². The number of nitrogens with one attached hydrogen (secondary N) is 2. The first kappa shape index (κ1) is 14.1. The summed E-state index contributed by atoms with van der Waals surface area (Å²) in [6.07, 6.45) is 1.86. The van der Waals surface area contributed by atoms with E-state index >= 15 is 0 Å². The standard InChI is InChI=1S/C15H20N4O/c1-11(2)17-14-7-5-4-6-13(14)15(20)16-10-12-8-9-19(3)18-12/h4-9,11,17H,10H2,1-3H3,(H,16,20). The summed E-state index contributed by atoms with van der Waals surface area (Å²) in [5.41, 5.74) is 2.34. The molecule has 2 N–H and O–H groups in total. The summed E-state index contributed by atoms with van der Waals surface area (Å²) in [5.74, 6) is -0.0978. The van der Waals surface area contributed by atoms with Gasteiger partial charge in [0.15, 0.2) is 0 Å². The average molecular weight is 272 g/mol. The summed E-state index contributed by atoms with van der Waals surface area (Å²) < 4.78 is 1.72. The van der Waals surface area contributed by atoms with Gasteiger partial charge in [0.2, 0.25) is 0 Å². The Labute approximate surface area is 119 Å². The highest BCUT2D eigenvalue weighted by molar-refractivity contribution is 5.99. The van der Waals surface area contributed by atoms with Crippen LogP contribution < -0.4 is 10.6 Å². The molecular weight excluding hydrogens is 252 g/mol. The van der Waals surface area contributed by atoms with E-state index in [4.69, 9.17) is 0 Å².